The number of hydrogen-bond donors (Lipinski definition) is 2. The van der Waals surface area contributed by atoms with Crippen LogP contribution in [0.4, 0.5) is 5.95 Å². The van der Waals surface area contributed by atoms with Crippen molar-refractivity contribution in [3.8, 4) is 11.5 Å². The molecule has 2 N–H and O–H groups in total. The molecule has 2 aromatic rings. The quantitative estimate of drug-likeness (QED) is 0.727. The highest BCUT2D eigenvalue weighted by atomic mass is 16.5. The summed E-state index contributed by atoms with van der Waals surface area (Å²) in [6.45, 7) is 0.504. The average molecular weight is 384 g/mol. The number of methoxy groups -OCH3 is 2. The Bertz CT molecular complexity index is 791. The van der Waals surface area contributed by atoms with Crippen molar-refractivity contribution in [1.29, 1.82) is 0 Å². The fourth-order valence-electron chi connectivity index (χ4n) is 3.43. The third-order valence-electron chi connectivity index (χ3n) is 4.97. The molecule has 0 bridgehead atoms. The summed E-state index contributed by atoms with van der Waals surface area (Å²) in [5.41, 5.74) is 1.43. The Kier molecular flexibility index (Phi) is 7.06. The van der Waals surface area contributed by atoms with Crippen LogP contribution in [0, 0.1) is 0 Å². The van der Waals surface area contributed by atoms with E-state index in [9.17, 15) is 4.79 Å². The van der Waals surface area contributed by atoms with E-state index in [1.807, 2.05) is 18.2 Å². The molecule has 1 aliphatic rings. The molecule has 150 valence electrons. The van der Waals surface area contributed by atoms with Crippen LogP contribution >= 0.6 is 0 Å². The highest BCUT2D eigenvalue weighted by molar-refractivity contribution is 5.92. The van der Waals surface area contributed by atoms with Crippen molar-refractivity contribution >= 4 is 11.9 Å². The first kappa shape index (κ1) is 19.9. The third kappa shape index (κ3) is 5.34. The summed E-state index contributed by atoms with van der Waals surface area (Å²) >= 11 is 0. The van der Waals surface area contributed by atoms with Crippen LogP contribution < -0.4 is 20.1 Å². The molecule has 0 radical (unpaired) electrons. The molecule has 0 aliphatic heterocycles. The summed E-state index contributed by atoms with van der Waals surface area (Å²) < 4.78 is 10.6. The summed E-state index contributed by atoms with van der Waals surface area (Å²) in [4.78, 5) is 21.1. The van der Waals surface area contributed by atoms with Crippen molar-refractivity contribution < 1.29 is 14.3 Å². The van der Waals surface area contributed by atoms with E-state index in [1.165, 1.54) is 19.3 Å². The SMILES string of the molecule is COc1ccc(CCNC(=O)c2ccnc(NC3CCCCC3)n2)cc1OC. The number of rotatable bonds is 8. The molecule has 3 rings (SSSR count). The first-order valence-corrected chi connectivity index (χ1v) is 9.78. The van der Waals surface area contributed by atoms with E-state index in [2.05, 4.69) is 20.6 Å². The summed E-state index contributed by atoms with van der Waals surface area (Å²) in [5.74, 6) is 1.70. The van der Waals surface area contributed by atoms with Gasteiger partial charge in [0.05, 0.1) is 14.2 Å². The third-order valence-corrected chi connectivity index (χ3v) is 4.97. The Morgan fingerprint density at radius 1 is 1.11 bits per heavy atom. The van der Waals surface area contributed by atoms with Gasteiger partial charge in [-0.15, -0.1) is 0 Å². The van der Waals surface area contributed by atoms with E-state index < -0.39 is 0 Å². The van der Waals surface area contributed by atoms with Crippen molar-refractivity contribution in [1.82, 2.24) is 15.3 Å². The first-order valence-electron chi connectivity index (χ1n) is 9.78. The van der Waals surface area contributed by atoms with Crippen LogP contribution in [0.25, 0.3) is 0 Å². The summed E-state index contributed by atoms with van der Waals surface area (Å²) in [6.07, 6.45) is 8.32. The van der Waals surface area contributed by atoms with Gasteiger partial charge in [-0.05, 0) is 43.0 Å². The number of hydrogen-bond acceptors (Lipinski definition) is 6. The van der Waals surface area contributed by atoms with Gasteiger partial charge in [-0.1, -0.05) is 25.3 Å². The Labute approximate surface area is 165 Å². The average Bonchev–Trinajstić information content (AvgIpc) is 2.74. The summed E-state index contributed by atoms with van der Waals surface area (Å²) in [7, 11) is 3.22. The molecule has 1 fully saturated rings. The van der Waals surface area contributed by atoms with Crippen molar-refractivity contribution in [2.45, 2.75) is 44.6 Å². The molecular formula is C21H28N4O3. The van der Waals surface area contributed by atoms with Gasteiger partial charge in [0.2, 0.25) is 5.95 Å². The predicted molar refractivity (Wildman–Crippen MR) is 108 cm³/mol. The minimum absolute atomic E-state index is 0.199. The van der Waals surface area contributed by atoms with E-state index in [-0.39, 0.29) is 5.91 Å². The van der Waals surface area contributed by atoms with Gasteiger partial charge in [0.15, 0.2) is 11.5 Å². The van der Waals surface area contributed by atoms with Crippen LogP contribution in [0.3, 0.4) is 0 Å². The molecule has 1 aromatic carbocycles. The smallest absolute Gasteiger partial charge is 0.270 e. The predicted octanol–water partition coefficient (Wildman–Crippen LogP) is 3.21. The molecule has 0 spiro atoms. The largest absolute Gasteiger partial charge is 0.493 e. The van der Waals surface area contributed by atoms with Crippen molar-refractivity contribution in [2.24, 2.45) is 0 Å². The molecule has 1 aliphatic carbocycles. The van der Waals surface area contributed by atoms with Crippen LogP contribution in [0.2, 0.25) is 0 Å². The Morgan fingerprint density at radius 2 is 1.89 bits per heavy atom. The molecule has 7 heteroatoms. The topological polar surface area (TPSA) is 85.4 Å². The normalized spacial score (nSPS) is 14.4. The zero-order valence-electron chi connectivity index (χ0n) is 16.5. The maximum absolute atomic E-state index is 12.4. The van der Waals surface area contributed by atoms with Gasteiger partial charge in [0.25, 0.3) is 5.91 Å². The first-order chi connectivity index (χ1) is 13.7. The summed E-state index contributed by atoms with van der Waals surface area (Å²) in [5, 5.41) is 6.27. The van der Waals surface area contributed by atoms with E-state index in [4.69, 9.17) is 9.47 Å². The van der Waals surface area contributed by atoms with Crippen LogP contribution in [-0.4, -0.2) is 42.7 Å². The maximum Gasteiger partial charge on any atom is 0.270 e. The van der Waals surface area contributed by atoms with Gasteiger partial charge < -0.3 is 20.1 Å². The van der Waals surface area contributed by atoms with Crippen molar-refractivity contribution in [2.75, 3.05) is 26.1 Å². The summed E-state index contributed by atoms with van der Waals surface area (Å²) in [6, 6.07) is 7.78. The van der Waals surface area contributed by atoms with E-state index >= 15 is 0 Å². The lowest BCUT2D eigenvalue weighted by Crippen LogP contribution is -2.28. The molecule has 1 heterocycles. The Morgan fingerprint density at radius 3 is 2.64 bits per heavy atom. The number of carbonyl (C=O) groups is 1. The fourth-order valence-corrected chi connectivity index (χ4v) is 3.43. The van der Waals surface area contributed by atoms with Gasteiger partial charge >= 0.3 is 0 Å². The molecule has 1 saturated carbocycles. The number of anilines is 1. The molecule has 0 unspecified atom stereocenters. The highest BCUT2D eigenvalue weighted by Crippen LogP contribution is 2.27. The monoisotopic (exact) mass is 384 g/mol. The lowest BCUT2D eigenvalue weighted by molar-refractivity contribution is 0.0949. The lowest BCUT2D eigenvalue weighted by Gasteiger charge is -2.22. The van der Waals surface area contributed by atoms with Gasteiger partial charge in [0.1, 0.15) is 5.69 Å². The van der Waals surface area contributed by atoms with Crippen LogP contribution in [0.1, 0.15) is 48.2 Å². The van der Waals surface area contributed by atoms with E-state index in [1.54, 1.807) is 26.5 Å². The molecule has 7 nitrogen and oxygen atoms in total. The number of carbonyl (C=O) groups excluding carboxylic acids is 1. The number of aromatic nitrogens is 2. The standard InChI is InChI=1S/C21H28N4O3/c1-27-18-9-8-15(14-19(18)28-2)10-12-22-20(26)17-11-13-23-21(25-17)24-16-6-4-3-5-7-16/h8-9,11,13-14,16H,3-7,10,12H2,1-2H3,(H,22,26)(H,23,24,25). The van der Waals surface area contributed by atoms with Crippen LogP contribution in [0.5, 0.6) is 11.5 Å². The lowest BCUT2D eigenvalue weighted by atomic mass is 9.96. The Balaban J connectivity index is 1.52. The van der Waals surface area contributed by atoms with Crippen molar-refractivity contribution in [3.63, 3.8) is 0 Å². The van der Waals surface area contributed by atoms with E-state index in [0.29, 0.717) is 42.1 Å². The molecule has 0 atom stereocenters. The fraction of sp³-hybridized carbons (Fsp3) is 0.476. The number of amides is 1. The van der Waals surface area contributed by atoms with Crippen molar-refractivity contribution in [3.05, 3.63) is 41.7 Å². The molecule has 28 heavy (non-hydrogen) atoms. The zero-order chi connectivity index (χ0) is 19.8. The van der Waals surface area contributed by atoms with Crippen LogP contribution in [-0.2, 0) is 6.42 Å². The van der Waals surface area contributed by atoms with Gasteiger partial charge in [-0.2, -0.15) is 0 Å². The molecule has 1 aromatic heterocycles. The number of benzene rings is 1. The second-order valence-electron chi connectivity index (χ2n) is 6.94. The molecule has 0 saturated heterocycles. The van der Waals surface area contributed by atoms with Gasteiger partial charge in [-0.25, -0.2) is 9.97 Å². The van der Waals surface area contributed by atoms with Crippen LogP contribution in [0.15, 0.2) is 30.5 Å². The minimum atomic E-state index is -0.199. The van der Waals surface area contributed by atoms with Gasteiger partial charge in [-0.3, -0.25) is 4.79 Å². The van der Waals surface area contributed by atoms with Gasteiger partial charge in [0, 0.05) is 18.8 Å². The molecular weight excluding hydrogens is 356 g/mol. The number of nitrogens with zero attached hydrogens (tertiary/aromatic N) is 2. The van der Waals surface area contributed by atoms with E-state index in [0.717, 1.165) is 18.4 Å². The number of ether oxygens (including phenoxy) is 2. The Hall–Kier alpha value is -2.83. The molecule has 1 amide bonds. The number of nitrogens with one attached hydrogen (secondary N) is 2. The second-order valence-corrected chi connectivity index (χ2v) is 6.94. The highest BCUT2D eigenvalue weighted by Gasteiger charge is 2.15. The zero-order valence-corrected chi connectivity index (χ0v) is 16.5. The second kappa shape index (κ2) is 9.92. The maximum atomic E-state index is 12.4. The minimum Gasteiger partial charge on any atom is -0.493 e.